The van der Waals surface area contributed by atoms with Crippen LogP contribution in [0.25, 0.3) is 6.08 Å². The van der Waals surface area contributed by atoms with Gasteiger partial charge in [0.05, 0.1) is 12.5 Å². The molecule has 5 heteroatoms. The van der Waals surface area contributed by atoms with E-state index in [1.807, 2.05) is 24.3 Å². The maximum atomic E-state index is 12.5. The van der Waals surface area contributed by atoms with Gasteiger partial charge in [-0.3, -0.25) is 9.69 Å². The van der Waals surface area contributed by atoms with Gasteiger partial charge in [0.1, 0.15) is 5.75 Å². The molecule has 2 N–H and O–H groups in total. The normalized spacial score (nSPS) is 26.9. The molecule has 2 heterocycles. The van der Waals surface area contributed by atoms with E-state index in [4.69, 9.17) is 4.42 Å². The molecule has 1 aromatic heterocycles. The molecule has 158 valence electrons. The second-order valence-corrected chi connectivity index (χ2v) is 8.58. The van der Waals surface area contributed by atoms with Crippen molar-refractivity contribution < 1.29 is 14.3 Å². The van der Waals surface area contributed by atoms with E-state index >= 15 is 0 Å². The highest BCUT2D eigenvalue weighted by molar-refractivity contribution is 5.91. The van der Waals surface area contributed by atoms with E-state index in [-0.39, 0.29) is 17.4 Å². The van der Waals surface area contributed by atoms with E-state index in [0.717, 1.165) is 50.9 Å². The number of carbonyl (C=O) groups is 1. The van der Waals surface area contributed by atoms with Crippen LogP contribution in [0.5, 0.6) is 5.75 Å². The van der Waals surface area contributed by atoms with Crippen LogP contribution in [0.1, 0.15) is 36.8 Å². The van der Waals surface area contributed by atoms with Gasteiger partial charge < -0.3 is 14.8 Å². The van der Waals surface area contributed by atoms with Crippen molar-refractivity contribution in [2.24, 2.45) is 5.92 Å². The van der Waals surface area contributed by atoms with Crippen LogP contribution in [0.3, 0.4) is 0 Å². The second-order valence-electron chi connectivity index (χ2n) is 8.58. The molecule has 1 aliphatic carbocycles. The fraction of sp³-hybridized carbons (Fsp3) is 0.400. The Kier molecular flexibility index (Phi) is 6.09. The van der Waals surface area contributed by atoms with Crippen LogP contribution in [0.15, 0.2) is 66.0 Å². The molecule has 2 aromatic rings. The van der Waals surface area contributed by atoms with Gasteiger partial charge in [-0.25, -0.2) is 0 Å². The summed E-state index contributed by atoms with van der Waals surface area (Å²) in [4.78, 5) is 15.0. The molecular formula is C25H30N2O3. The van der Waals surface area contributed by atoms with Gasteiger partial charge in [0.25, 0.3) is 0 Å². The molecular weight excluding hydrogens is 376 g/mol. The molecule has 0 radical (unpaired) electrons. The predicted molar refractivity (Wildman–Crippen MR) is 118 cm³/mol. The lowest BCUT2D eigenvalue weighted by Gasteiger charge is -2.53. The van der Waals surface area contributed by atoms with Gasteiger partial charge in [-0.2, -0.15) is 0 Å². The quantitative estimate of drug-likeness (QED) is 0.560. The monoisotopic (exact) mass is 406 g/mol. The SMILES string of the molecule is C=CCN1CC[C@@]2(c3cccc(O)c3)C[C@@H](NC(=O)C=Cc3ccoc3)CC[C@@H]2C1. The van der Waals surface area contributed by atoms with Gasteiger partial charge in [0.2, 0.25) is 5.91 Å². The number of likely N-dealkylation sites (tertiary alicyclic amines) is 1. The summed E-state index contributed by atoms with van der Waals surface area (Å²) in [5.41, 5.74) is 2.04. The van der Waals surface area contributed by atoms with Crippen molar-refractivity contribution in [2.75, 3.05) is 19.6 Å². The fourth-order valence-electron chi connectivity index (χ4n) is 5.30. The average molecular weight is 407 g/mol. The van der Waals surface area contributed by atoms with Crippen LogP contribution < -0.4 is 5.32 Å². The third-order valence-corrected chi connectivity index (χ3v) is 6.73. The van der Waals surface area contributed by atoms with Crippen molar-refractivity contribution in [3.8, 4) is 5.75 Å². The molecule has 0 bridgehead atoms. The maximum Gasteiger partial charge on any atom is 0.244 e. The van der Waals surface area contributed by atoms with E-state index in [9.17, 15) is 9.90 Å². The van der Waals surface area contributed by atoms with Crippen LogP contribution in [-0.2, 0) is 10.2 Å². The first-order valence-electron chi connectivity index (χ1n) is 10.7. The summed E-state index contributed by atoms with van der Waals surface area (Å²) in [6.07, 6.45) is 12.5. The third-order valence-electron chi connectivity index (χ3n) is 6.73. The topological polar surface area (TPSA) is 65.7 Å². The molecule has 2 aliphatic rings. The molecule has 5 nitrogen and oxygen atoms in total. The summed E-state index contributed by atoms with van der Waals surface area (Å²) in [6.45, 7) is 6.83. The van der Waals surface area contributed by atoms with Crippen molar-refractivity contribution in [3.05, 3.63) is 72.7 Å². The number of fused-ring (bicyclic) bond motifs is 1. The highest BCUT2D eigenvalue weighted by atomic mass is 16.3. The van der Waals surface area contributed by atoms with Gasteiger partial charge in [0.15, 0.2) is 0 Å². The molecule has 0 unspecified atom stereocenters. The van der Waals surface area contributed by atoms with E-state index in [1.54, 1.807) is 30.7 Å². The second kappa shape index (κ2) is 8.92. The van der Waals surface area contributed by atoms with Crippen molar-refractivity contribution in [1.82, 2.24) is 10.2 Å². The van der Waals surface area contributed by atoms with Gasteiger partial charge in [-0.15, -0.1) is 6.58 Å². The summed E-state index contributed by atoms with van der Waals surface area (Å²) >= 11 is 0. The van der Waals surface area contributed by atoms with E-state index in [1.165, 1.54) is 5.56 Å². The number of rotatable bonds is 6. The summed E-state index contributed by atoms with van der Waals surface area (Å²) in [6, 6.07) is 9.66. The molecule has 0 spiro atoms. The minimum absolute atomic E-state index is 0.0269. The van der Waals surface area contributed by atoms with Crippen molar-refractivity contribution in [2.45, 2.75) is 37.1 Å². The summed E-state index contributed by atoms with van der Waals surface area (Å²) < 4.78 is 5.04. The standard InChI is InChI=1S/C25H30N2O3/c1-2-12-27-13-11-25(20-4-3-5-23(28)15-20)16-22(8-7-21(25)17-27)26-24(29)9-6-19-10-14-30-18-19/h2-6,9-10,14-15,18,21-22,28H,1,7-8,11-13,16-17H2,(H,26,29)/t21-,22+,25+/m1/s1. The smallest absolute Gasteiger partial charge is 0.244 e. The largest absolute Gasteiger partial charge is 0.508 e. The molecule has 30 heavy (non-hydrogen) atoms. The van der Waals surface area contributed by atoms with Gasteiger partial charge in [-0.05, 0) is 68.0 Å². The van der Waals surface area contributed by atoms with Gasteiger partial charge in [0, 0.05) is 36.2 Å². The van der Waals surface area contributed by atoms with Crippen LogP contribution in [0, 0.1) is 5.92 Å². The van der Waals surface area contributed by atoms with E-state index < -0.39 is 0 Å². The first-order valence-corrected chi connectivity index (χ1v) is 10.7. The Morgan fingerprint density at radius 2 is 2.27 bits per heavy atom. The Balaban J connectivity index is 1.52. The van der Waals surface area contributed by atoms with Crippen molar-refractivity contribution in [1.29, 1.82) is 0 Å². The minimum atomic E-state index is -0.0743. The minimum Gasteiger partial charge on any atom is -0.508 e. The Bertz CT molecular complexity index is 905. The fourth-order valence-corrected chi connectivity index (χ4v) is 5.30. The lowest BCUT2D eigenvalue weighted by atomic mass is 9.58. The molecule has 1 saturated heterocycles. The predicted octanol–water partition coefficient (Wildman–Crippen LogP) is 4.11. The Labute approximate surface area is 178 Å². The number of phenols is 1. The Morgan fingerprint density at radius 1 is 1.37 bits per heavy atom. The number of piperidine rings is 1. The Morgan fingerprint density at radius 3 is 3.03 bits per heavy atom. The molecule has 2 fully saturated rings. The number of amides is 1. The number of nitrogens with one attached hydrogen (secondary N) is 1. The van der Waals surface area contributed by atoms with Gasteiger partial charge >= 0.3 is 0 Å². The average Bonchev–Trinajstić information content (AvgIpc) is 3.26. The van der Waals surface area contributed by atoms with E-state index in [2.05, 4.69) is 22.9 Å². The lowest BCUT2D eigenvalue weighted by Crippen LogP contribution is -2.56. The molecule has 4 rings (SSSR count). The first kappa shape index (κ1) is 20.5. The Hall–Kier alpha value is -2.79. The van der Waals surface area contributed by atoms with Crippen molar-refractivity contribution >= 4 is 12.0 Å². The van der Waals surface area contributed by atoms with Crippen LogP contribution in [-0.4, -0.2) is 41.6 Å². The van der Waals surface area contributed by atoms with Crippen molar-refractivity contribution in [3.63, 3.8) is 0 Å². The summed E-state index contributed by atoms with van der Waals surface area (Å²) in [5, 5.41) is 13.3. The summed E-state index contributed by atoms with van der Waals surface area (Å²) in [5.74, 6) is 0.737. The molecule has 1 aromatic carbocycles. The highest BCUT2D eigenvalue weighted by Gasteiger charge is 2.48. The highest BCUT2D eigenvalue weighted by Crippen LogP contribution is 2.49. The number of hydrogen-bond acceptors (Lipinski definition) is 4. The lowest BCUT2D eigenvalue weighted by molar-refractivity contribution is -0.117. The zero-order valence-electron chi connectivity index (χ0n) is 17.3. The molecule has 1 saturated carbocycles. The van der Waals surface area contributed by atoms with Crippen LogP contribution >= 0.6 is 0 Å². The number of furan rings is 1. The zero-order valence-corrected chi connectivity index (χ0v) is 17.3. The molecule has 1 amide bonds. The van der Waals surface area contributed by atoms with E-state index in [0.29, 0.717) is 11.7 Å². The summed E-state index contributed by atoms with van der Waals surface area (Å²) in [7, 11) is 0. The third kappa shape index (κ3) is 4.36. The zero-order chi connectivity index (χ0) is 21.0. The van der Waals surface area contributed by atoms with Crippen LogP contribution in [0.2, 0.25) is 0 Å². The number of hydrogen-bond donors (Lipinski definition) is 2. The maximum absolute atomic E-state index is 12.5. The first-order chi connectivity index (χ1) is 14.6. The van der Waals surface area contributed by atoms with Crippen LogP contribution in [0.4, 0.5) is 0 Å². The van der Waals surface area contributed by atoms with Gasteiger partial charge in [-0.1, -0.05) is 18.2 Å². The molecule has 3 atom stereocenters. The number of phenolic OH excluding ortho intramolecular Hbond substituents is 1. The molecule has 1 aliphatic heterocycles. The number of carbonyl (C=O) groups excluding carboxylic acids is 1. The number of aromatic hydroxyl groups is 1. The number of benzene rings is 1. The number of nitrogens with zero attached hydrogens (tertiary/aromatic N) is 1.